The first kappa shape index (κ1) is 41.4. The van der Waals surface area contributed by atoms with Crippen LogP contribution in [0.1, 0.15) is 59.6 Å². The number of carboxylic acids is 1. The van der Waals surface area contributed by atoms with Crippen LogP contribution in [0.3, 0.4) is 0 Å². The van der Waals surface area contributed by atoms with Crippen LogP contribution in [0.4, 0.5) is 0 Å². The molecule has 6 amide bonds. The standard InChI is InChI=1S/C29H49N9O10/c1-6-14(4)22(29(47)48)37-26(44)19(11-39)35-28(46)23(15(5)40)38-25(43)18(9-16-10-32-12-33-16)34-27(45)21(13(2)3)36-24(42)17(30)7-8-20(31)41/h10,12-15,17-19,21-23,39-40H,6-9,11,30H2,1-5H3,(H2,31,41)(H,32,33)(H,34,45)(H,35,46)(H,36,42)(H,37,44)(H,38,43)(H,47,48)/t14-,15+,17-,18-,19-,21-,22-,23-/m0/s1. The summed E-state index contributed by atoms with van der Waals surface area (Å²) in [5.41, 5.74) is 11.3. The summed E-state index contributed by atoms with van der Waals surface area (Å²) in [5, 5.41) is 41.5. The zero-order valence-corrected chi connectivity index (χ0v) is 27.7. The lowest BCUT2D eigenvalue weighted by Gasteiger charge is -2.28. The third kappa shape index (κ3) is 13.2. The van der Waals surface area contributed by atoms with Gasteiger partial charge in [-0.2, -0.15) is 0 Å². The van der Waals surface area contributed by atoms with E-state index in [4.69, 9.17) is 11.5 Å². The lowest BCUT2D eigenvalue weighted by Crippen LogP contribution is -2.62. The quantitative estimate of drug-likeness (QED) is 0.0593. The summed E-state index contributed by atoms with van der Waals surface area (Å²) >= 11 is 0. The molecule has 0 saturated heterocycles. The number of aromatic nitrogens is 2. The van der Waals surface area contributed by atoms with E-state index in [1.54, 1.807) is 27.7 Å². The first-order valence-corrected chi connectivity index (χ1v) is 15.5. The largest absolute Gasteiger partial charge is 0.480 e. The van der Waals surface area contributed by atoms with Gasteiger partial charge in [0.2, 0.25) is 35.4 Å². The average Bonchev–Trinajstić information content (AvgIpc) is 3.53. The predicted octanol–water partition coefficient (Wildman–Crippen LogP) is -3.87. The van der Waals surface area contributed by atoms with E-state index in [1.165, 1.54) is 19.4 Å². The maximum atomic E-state index is 13.5. The van der Waals surface area contributed by atoms with Crippen LogP contribution in [0.5, 0.6) is 0 Å². The van der Waals surface area contributed by atoms with Crippen molar-refractivity contribution in [3.8, 4) is 0 Å². The normalized spacial score (nSPS) is 16.2. The molecule has 48 heavy (non-hydrogen) atoms. The molecule has 19 heteroatoms. The van der Waals surface area contributed by atoms with Crippen LogP contribution < -0.4 is 38.1 Å². The van der Waals surface area contributed by atoms with Gasteiger partial charge >= 0.3 is 5.97 Å². The Kier molecular flexibility index (Phi) is 17.2. The van der Waals surface area contributed by atoms with Gasteiger partial charge in [0, 0.05) is 24.7 Å². The molecule has 0 radical (unpaired) electrons. The van der Waals surface area contributed by atoms with E-state index in [1.807, 2.05) is 0 Å². The molecular formula is C29H49N9O10. The molecule has 8 atom stereocenters. The fourth-order valence-corrected chi connectivity index (χ4v) is 4.36. The number of amides is 6. The predicted molar refractivity (Wildman–Crippen MR) is 169 cm³/mol. The molecule has 0 aliphatic rings. The Bertz CT molecular complexity index is 1260. The van der Waals surface area contributed by atoms with Gasteiger partial charge in [0.1, 0.15) is 30.2 Å². The molecule has 1 aromatic heterocycles. The minimum absolute atomic E-state index is 0.0575. The Hall–Kier alpha value is -4.62. The van der Waals surface area contributed by atoms with Crippen molar-refractivity contribution in [2.24, 2.45) is 23.3 Å². The van der Waals surface area contributed by atoms with Crippen molar-refractivity contribution < 1.29 is 48.9 Å². The molecule has 13 N–H and O–H groups in total. The Morgan fingerprint density at radius 2 is 1.38 bits per heavy atom. The smallest absolute Gasteiger partial charge is 0.326 e. The Labute approximate surface area is 277 Å². The Balaban J connectivity index is 3.16. The van der Waals surface area contributed by atoms with Crippen LogP contribution in [-0.2, 0) is 40.0 Å². The van der Waals surface area contributed by atoms with Crippen LogP contribution in [-0.4, -0.2) is 116 Å². The van der Waals surface area contributed by atoms with Crippen molar-refractivity contribution in [1.82, 2.24) is 36.6 Å². The number of aromatic amines is 1. The van der Waals surface area contributed by atoms with Crippen LogP contribution in [0, 0.1) is 11.8 Å². The van der Waals surface area contributed by atoms with Gasteiger partial charge in [-0.15, -0.1) is 0 Å². The summed E-state index contributed by atoms with van der Waals surface area (Å²) in [6.07, 6.45) is 1.21. The molecule has 0 bridgehead atoms. The zero-order valence-electron chi connectivity index (χ0n) is 27.7. The van der Waals surface area contributed by atoms with Gasteiger partial charge in [-0.1, -0.05) is 34.1 Å². The van der Waals surface area contributed by atoms with Crippen molar-refractivity contribution in [2.45, 2.75) is 103 Å². The Morgan fingerprint density at radius 1 is 0.833 bits per heavy atom. The first-order valence-electron chi connectivity index (χ1n) is 15.5. The van der Waals surface area contributed by atoms with E-state index >= 15 is 0 Å². The van der Waals surface area contributed by atoms with Crippen molar-refractivity contribution >= 4 is 41.4 Å². The first-order chi connectivity index (χ1) is 22.4. The molecule has 0 aliphatic heterocycles. The summed E-state index contributed by atoms with van der Waals surface area (Å²) in [6.45, 7) is 6.83. The van der Waals surface area contributed by atoms with Crippen LogP contribution >= 0.6 is 0 Å². The second kappa shape index (κ2) is 19.9. The lowest BCUT2D eigenvalue weighted by molar-refractivity contribution is -0.144. The van der Waals surface area contributed by atoms with Crippen LogP contribution in [0.25, 0.3) is 0 Å². The third-order valence-electron chi connectivity index (χ3n) is 7.55. The molecule has 270 valence electrons. The molecule has 1 rings (SSSR count). The molecule has 19 nitrogen and oxygen atoms in total. The number of carboxylic acid groups (broad SMARTS) is 1. The van der Waals surface area contributed by atoms with Gasteiger partial charge in [0.05, 0.1) is 25.1 Å². The number of nitrogens with zero attached hydrogens (tertiary/aromatic N) is 1. The van der Waals surface area contributed by atoms with E-state index in [0.717, 1.165) is 0 Å². The van der Waals surface area contributed by atoms with E-state index < -0.39 is 102 Å². The van der Waals surface area contributed by atoms with Crippen LogP contribution in [0.15, 0.2) is 12.5 Å². The summed E-state index contributed by atoms with van der Waals surface area (Å²) in [5.74, 6) is -7.50. The number of primary amides is 1. The van der Waals surface area contributed by atoms with Crippen molar-refractivity contribution in [3.63, 3.8) is 0 Å². The minimum Gasteiger partial charge on any atom is -0.480 e. The number of hydrogen-bond donors (Lipinski definition) is 11. The average molecular weight is 684 g/mol. The number of aliphatic hydroxyl groups is 2. The van der Waals surface area contributed by atoms with E-state index in [-0.39, 0.29) is 19.3 Å². The number of imidazole rings is 1. The number of hydrogen-bond acceptors (Lipinski definition) is 11. The lowest BCUT2D eigenvalue weighted by atomic mass is 9.99. The second-order valence-electron chi connectivity index (χ2n) is 11.9. The summed E-state index contributed by atoms with van der Waals surface area (Å²) < 4.78 is 0. The number of aliphatic carboxylic acids is 1. The molecule has 0 aromatic carbocycles. The van der Waals surface area contributed by atoms with Gasteiger partial charge in [-0.25, -0.2) is 9.78 Å². The number of carbonyl (C=O) groups is 7. The monoisotopic (exact) mass is 683 g/mol. The highest BCUT2D eigenvalue weighted by Gasteiger charge is 2.35. The topological polar surface area (TPSA) is 321 Å². The van der Waals surface area contributed by atoms with Gasteiger partial charge < -0.3 is 58.4 Å². The number of nitrogens with two attached hydrogens (primary N) is 2. The maximum Gasteiger partial charge on any atom is 0.326 e. The summed E-state index contributed by atoms with van der Waals surface area (Å²) in [6, 6.07) is -8.36. The highest BCUT2D eigenvalue weighted by atomic mass is 16.4. The van der Waals surface area contributed by atoms with Crippen molar-refractivity contribution in [3.05, 3.63) is 18.2 Å². The number of carbonyl (C=O) groups excluding carboxylic acids is 6. The fraction of sp³-hybridized carbons (Fsp3) is 0.655. The molecule has 0 saturated carbocycles. The fourth-order valence-electron chi connectivity index (χ4n) is 4.36. The van der Waals surface area contributed by atoms with Gasteiger partial charge in [-0.3, -0.25) is 28.8 Å². The van der Waals surface area contributed by atoms with E-state index in [0.29, 0.717) is 12.1 Å². The maximum absolute atomic E-state index is 13.5. The summed E-state index contributed by atoms with van der Waals surface area (Å²) in [4.78, 5) is 94.8. The molecule has 0 fully saturated rings. The number of H-pyrrole nitrogens is 1. The van der Waals surface area contributed by atoms with E-state index in [9.17, 15) is 48.9 Å². The molecule has 1 heterocycles. The number of nitrogens with one attached hydrogen (secondary N) is 6. The van der Waals surface area contributed by atoms with Gasteiger partial charge in [-0.05, 0) is 25.2 Å². The minimum atomic E-state index is -1.70. The third-order valence-corrected chi connectivity index (χ3v) is 7.55. The SMILES string of the molecule is CC[C@H](C)[C@H](NC(=O)[C@H](CO)NC(=O)[C@@H](NC(=O)[C@H](Cc1cnc[nH]1)NC(=O)[C@@H](NC(=O)[C@@H](N)CCC(N)=O)C(C)C)[C@@H](C)O)C(=O)O. The van der Waals surface area contributed by atoms with Gasteiger partial charge in [0.15, 0.2) is 0 Å². The second-order valence-corrected chi connectivity index (χ2v) is 11.9. The molecule has 1 aromatic rings. The zero-order chi connectivity index (χ0) is 36.7. The highest BCUT2D eigenvalue weighted by Crippen LogP contribution is 2.09. The molecular weight excluding hydrogens is 634 g/mol. The number of rotatable bonds is 21. The van der Waals surface area contributed by atoms with Crippen molar-refractivity contribution in [1.29, 1.82) is 0 Å². The molecule has 0 unspecified atom stereocenters. The highest BCUT2D eigenvalue weighted by molar-refractivity contribution is 5.96. The van der Waals surface area contributed by atoms with Crippen LogP contribution in [0.2, 0.25) is 0 Å². The number of aliphatic hydroxyl groups excluding tert-OH is 2. The summed E-state index contributed by atoms with van der Waals surface area (Å²) in [7, 11) is 0. The molecule has 0 spiro atoms. The van der Waals surface area contributed by atoms with E-state index in [2.05, 4.69) is 36.6 Å². The van der Waals surface area contributed by atoms with Crippen molar-refractivity contribution in [2.75, 3.05) is 6.61 Å². The Morgan fingerprint density at radius 3 is 1.85 bits per heavy atom. The van der Waals surface area contributed by atoms with Gasteiger partial charge in [0.25, 0.3) is 0 Å². The molecule has 0 aliphatic carbocycles.